The van der Waals surface area contributed by atoms with Crippen molar-refractivity contribution >= 4 is 27.3 Å². The Bertz CT molecular complexity index is 1110. The van der Waals surface area contributed by atoms with Crippen LogP contribution < -0.4 is 19.5 Å². The second-order valence-electron chi connectivity index (χ2n) is 6.48. The summed E-state index contributed by atoms with van der Waals surface area (Å²) in [5, 5.41) is 2.74. The number of amides is 1. The van der Waals surface area contributed by atoms with Gasteiger partial charge in [-0.15, -0.1) is 0 Å². The second-order valence-corrected chi connectivity index (χ2v) is 8.17. The highest BCUT2D eigenvalue weighted by Crippen LogP contribution is 2.25. The van der Waals surface area contributed by atoms with E-state index in [0.717, 1.165) is 5.56 Å². The molecule has 0 unspecified atom stereocenters. The Morgan fingerprint density at radius 2 is 1.67 bits per heavy atom. The van der Waals surface area contributed by atoms with Gasteiger partial charge < -0.3 is 14.8 Å². The van der Waals surface area contributed by atoms with Gasteiger partial charge in [0.25, 0.3) is 15.9 Å². The Morgan fingerprint density at radius 1 is 0.967 bits per heavy atom. The summed E-state index contributed by atoms with van der Waals surface area (Å²) < 4.78 is 38.1. The first kappa shape index (κ1) is 21.2. The number of carbonyl (C=O) groups is 1. The lowest BCUT2D eigenvalue weighted by Gasteiger charge is -2.12. The third-order valence-electron chi connectivity index (χ3n) is 4.16. The fourth-order valence-electron chi connectivity index (χ4n) is 2.69. The van der Waals surface area contributed by atoms with Crippen LogP contribution in [-0.2, 0) is 14.8 Å². The van der Waals surface area contributed by atoms with Gasteiger partial charge in [0.15, 0.2) is 6.61 Å². The molecule has 0 aliphatic heterocycles. The lowest BCUT2D eigenvalue weighted by molar-refractivity contribution is -0.118. The van der Waals surface area contributed by atoms with Gasteiger partial charge in [0.2, 0.25) is 0 Å². The van der Waals surface area contributed by atoms with Crippen molar-refractivity contribution in [2.45, 2.75) is 11.8 Å². The Morgan fingerprint density at radius 3 is 2.33 bits per heavy atom. The van der Waals surface area contributed by atoms with Crippen molar-refractivity contribution in [2.24, 2.45) is 0 Å². The molecular formula is C22H22N2O5S. The molecule has 0 heterocycles. The van der Waals surface area contributed by atoms with Gasteiger partial charge in [-0.1, -0.05) is 24.3 Å². The molecule has 3 rings (SSSR count). The number of aryl methyl sites for hydroxylation is 1. The zero-order chi connectivity index (χ0) is 21.6. The molecule has 30 heavy (non-hydrogen) atoms. The number of anilines is 2. The summed E-state index contributed by atoms with van der Waals surface area (Å²) in [7, 11) is -2.19. The van der Waals surface area contributed by atoms with Gasteiger partial charge in [-0.05, 0) is 61.0 Å². The maximum atomic E-state index is 12.4. The standard InChI is InChI=1S/C22H22N2O5S/c1-16-8-13-21(28-2)20(14-16)23-22(25)15-29-18-9-11-19(12-10-18)30(26,27)24-17-6-4-3-5-7-17/h3-14,24H,15H2,1-2H3,(H,23,25). The maximum absolute atomic E-state index is 12.4. The van der Waals surface area contributed by atoms with E-state index in [0.29, 0.717) is 22.9 Å². The average Bonchev–Trinajstić information content (AvgIpc) is 2.73. The Labute approximate surface area is 175 Å². The van der Waals surface area contributed by atoms with Gasteiger partial charge in [-0.25, -0.2) is 8.42 Å². The van der Waals surface area contributed by atoms with E-state index in [2.05, 4.69) is 10.0 Å². The van der Waals surface area contributed by atoms with E-state index >= 15 is 0 Å². The van der Waals surface area contributed by atoms with Crippen molar-refractivity contribution in [3.05, 3.63) is 78.4 Å². The van der Waals surface area contributed by atoms with E-state index in [1.54, 1.807) is 42.5 Å². The van der Waals surface area contributed by atoms with Crippen molar-refractivity contribution in [3.8, 4) is 11.5 Å². The van der Waals surface area contributed by atoms with E-state index < -0.39 is 10.0 Å². The summed E-state index contributed by atoms with van der Waals surface area (Å²) in [6.07, 6.45) is 0. The average molecular weight is 426 g/mol. The van der Waals surface area contributed by atoms with Crippen LogP contribution in [0.4, 0.5) is 11.4 Å². The predicted molar refractivity (Wildman–Crippen MR) is 116 cm³/mol. The fourth-order valence-corrected chi connectivity index (χ4v) is 3.75. The first-order valence-electron chi connectivity index (χ1n) is 9.12. The van der Waals surface area contributed by atoms with Crippen LogP contribution in [0.25, 0.3) is 0 Å². The van der Waals surface area contributed by atoms with Gasteiger partial charge in [-0.3, -0.25) is 9.52 Å². The quantitative estimate of drug-likeness (QED) is 0.571. The first-order chi connectivity index (χ1) is 14.4. The van der Waals surface area contributed by atoms with Crippen LogP contribution in [-0.4, -0.2) is 28.0 Å². The SMILES string of the molecule is COc1ccc(C)cc1NC(=O)COc1ccc(S(=O)(=O)Nc2ccccc2)cc1. The largest absolute Gasteiger partial charge is 0.495 e. The number of sulfonamides is 1. The monoisotopic (exact) mass is 426 g/mol. The molecule has 0 atom stereocenters. The smallest absolute Gasteiger partial charge is 0.262 e. The van der Waals surface area contributed by atoms with Crippen molar-refractivity contribution < 1.29 is 22.7 Å². The summed E-state index contributed by atoms with van der Waals surface area (Å²) in [5.74, 6) is 0.566. The zero-order valence-corrected chi connectivity index (χ0v) is 17.4. The zero-order valence-electron chi connectivity index (χ0n) is 16.6. The van der Waals surface area contributed by atoms with Gasteiger partial charge in [0.05, 0.1) is 17.7 Å². The fraction of sp³-hybridized carbons (Fsp3) is 0.136. The van der Waals surface area contributed by atoms with Gasteiger partial charge in [0, 0.05) is 5.69 Å². The number of methoxy groups -OCH3 is 1. The molecule has 1 amide bonds. The molecule has 3 aromatic rings. The molecule has 0 saturated heterocycles. The number of ether oxygens (including phenoxy) is 2. The summed E-state index contributed by atoms with van der Waals surface area (Å²) in [4.78, 5) is 12.3. The molecule has 0 fully saturated rings. The predicted octanol–water partition coefficient (Wildman–Crippen LogP) is 3.82. The molecule has 7 nitrogen and oxygen atoms in total. The van der Waals surface area contributed by atoms with Crippen LogP contribution in [0, 0.1) is 6.92 Å². The van der Waals surface area contributed by atoms with Gasteiger partial charge >= 0.3 is 0 Å². The van der Waals surface area contributed by atoms with Crippen LogP contribution >= 0.6 is 0 Å². The molecule has 0 aliphatic rings. The molecule has 0 spiro atoms. The van der Waals surface area contributed by atoms with Gasteiger partial charge in [-0.2, -0.15) is 0 Å². The minimum atomic E-state index is -3.71. The van der Waals surface area contributed by atoms with E-state index in [9.17, 15) is 13.2 Å². The summed E-state index contributed by atoms with van der Waals surface area (Å²) >= 11 is 0. The molecule has 0 aromatic heterocycles. The van der Waals surface area contributed by atoms with Crippen molar-refractivity contribution in [2.75, 3.05) is 23.8 Å². The summed E-state index contributed by atoms with van der Waals surface area (Å²) in [6.45, 7) is 1.68. The van der Waals surface area contributed by atoms with Crippen LogP contribution in [0.3, 0.4) is 0 Å². The van der Waals surface area contributed by atoms with E-state index in [1.807, 2.05) is 13.0 Å². The highest BCUT2D eigenvalue weighted by Gasteiger charge is 2.14. The van der Waals surface area contributed by atoms with Crippen LogP contribution in [0.1, 0.15) is 5.56 Å². The Hall–Kier alpha value is -3.52. The molecule has 2 N–H and O–H groups in total. The van der Waals surface area contributed by atoms with Crippen molar-refractivity contribution in [1.29, 1.82) is 0 Å². The Kier molecular flexibility index (Phi) is 6.58. The molecule has 3 aromatic carbocycles. The topological polar surface area (TPSA) is 93.7 Å². The normalized spacial score (nSPS) is 10.9. The number of hydrogen-bond acceptors (Lipinski definition) is 5. The summed E-state index contributed by atoms with van der Waals surface area (Å²) in [6, 6.07) is 19.9. The number of hydrogen-bond donors (Lipinski definition) is 2. The lowest BCUT2D eigenvalue weighted by atomic mass is 10.2. The second kappa shape index (κ2) is 9.32. The van der Waals surface area contributed by atoms with E-state index in [1.165, 1.54) is 31.4 Å². The van der Waals surface area contributed by atoms with Crippen LogP contribution in [0.5, 0.6) is 11.5 Å². The molecule has 156 valence electrons. The lowest BCUT2D eigenvalue weighted by Crippen LogP contribution is -2.20. The minimum absolute atomic E-state index is 0.0904. The van der Waals surface area contributed by atoms with Crippen LogP contribution in [0.15, 0.2) is 77.7 Å². The summed E-state index contributed by atoms with van der Waals surface area (Å²) in [5.41, 5.74) is 2.01. The molecule has 0 aliphatic carbocycles. The highest BCUT2D eigenvalue weighted by molar-refractivity contribution is 7.92. The number of rotatable bonds is 8. The first-order valence-corrected chi connectivity index (χ1v) is 10.6. The number of benzene rings is 3. The van der Waals surface area contributed by atoms with Crippen molar-refractivity contribution in [3.63, 3.8) is 0 Å². The number of nitrogens with one attached hydrogen (secondary N) is 2. The molecule has 8 heteroatoms. The van der Waals surface area contributed by atoms with E-state index in [4.69, 9.17) is 9.47 Å². The Balaban J connectivity index is 1.59. The molecular weight excluding hydrogens is 404 g/mol. The third-order valence-corrected chi connectivity index (χ3v) is 5.56. The molecule has 0 radical (unpaired) electrons. The van der Waals surface area contributed by atoms with Crippen LogP contribution in [0.2, 0.25) is 0 Å². The molecule has 0 bridgehead atoms. The van der Waals surface area contributed by atoms with E-state index in [-0.39, 0.29) is 17.4 Å². The highest BCUT2D eigenvalue weighted by atomic mass is 32.2. The number of carbonyl (C=O) groups excluding carboxylic acids is 1. The maximum Gasteiger partial charge on any atom is 0.262 e. The third kappa shape index (κ3) is 5.51. The van der Waals surface area contributed by atoms with Gasteiger partial charge in [0.1, 0.15) is 11.5 Å². The van der Waals surface area contributed by atoms with Crippen molar-refractivity contribution in [1.82, 2.24) is 0 Å². The number of para-hydroxylation sites is 1. The molecule has 0 saturated carbocycles. The minimum Gasteiger partial charge on any atom is -0.495 e.